The van der Waals surface area contributed by atoms with Crippen molar-refractivity contribution in [1.82, 2.24) is 0 Å². The SMILES string of the molecule is CCSC/C(F)=C(\F)c1ccc(-c2ccc(-c3cc(F)c(N=C=S)c(F)c3)c(F)c2)c(F)c1. The van der Waals surface area contributed by atoms with Crippen LogP contribution in [0.5, 0.6) is 0 Å². The molecule has 3 aromatic rings. The molecule has 0 saturated carbocycles. The van der Waals surface area contributed by atoms with Gasteiger partial charge in [-0.25, -0.2) is 26.3 Å². The molecule has 0 heterocycles. The summed E-state index contributed by atoms with van der Waals surface area (Å²) < 4.78 is 85.6. The third-order valence-electron chi connectivity index (χ3n) is 4.66. The van der Waals surface area contributed by atoms with Crippen molar-refractivity contribution in [1.29, 1.82) is 0 Å². The van der Waals surface area contributed by atoms with Crippen LogP contribution in [0.15, 0.2) is 59.4 Å². The molecule has 0 amide bonds. The van der Waals surface area contributed by atoms with E-state index in [0.29, 0.717) is 5.75 Å². The van der Waals surface area contributed by atoms with Crippen LogP contribution in [0.2, 0.25) is 0 Å². The molecule has 0 saturated heterocycles. The second kappa shape index (κ2) is 10.8. The van der Waals surface area contributed by atoms with Crippen molar-refractivity contribution in [3.8, 4) is 22.3 Å². The zero-order valence-electron chi connectivity index (χ0n) is 17.1. The molecule has 33 heavy (non-hydrogen) atoms. The van der Waals surface area contributed by atoms with E-state index in [1.54, 1.807) is 6.92 Å². The fourth-order valence-electron chi connectivity index (χ4n) is 3.09. The maximum absolute atomic E-state index is 14.8. The summed E-state index contributed by atoms with van der Waals surface area (Å²) in [5.41, 5.74) is -1.08. The minimum Gasteiger partial charge on any atom is -0.208 e. The minimum absolute atomic E-state index is 0.0524. The zero-order chi connectivity index (χ0) is 24.1. The van der Waals surface area contributed by atoms with Crippen LogP contribution in [0.4, 0.5) is 32.0 Å². The van der Waals surface area contributed by atoms with Crippen LogP contribution in [-0.4, -0.2) is 16.7 Å². The van der Waals surface area contributed by atoms with Crippen LogP contribution >= 0.6 is 24.0 Å². The lowest BCUT2D eigenvalue weighted by Crippen LogP contribution is -1.93. The summed E-state index contributed by atoms with van der Waals surface area (Å²) in [7, 11) is 0. The van der Waals surface area contributed by atoms with E-state index in [0.717, 1.165) is 24.3 Å². The molecule has 0 bridgehead atoms. The highest BCUT2D eigenvalue weighted by molar-refractivity contribution is 7.99. The van der Waals surface area contributed by atoms with Crippen LogP contribution in [-0.2, 0) is 0 Å². The van der Waals surface area contributed by atoms with E-state index in [1.807, 2.05) is 5.16 Å². The minimum atomic E-state index is -1.16. The number of nitrogens with zero attached hydrogens (tertiary/aromatic N) is 1. The molecule has 3 rings (SSSR count). The summed E-state index contributed by atoms with van der Waals surface area (Å²) in [5, 5.41) is 1.86. The van der Waals surface area contributed by atoms with E-state index in [9.17, 15) is 26.3 Å². The van der Waals surface area contributed by atoms with Gasteiger partial charge in [-0.2, -0.15) is 16.8 Å². The van der Waals surface area contributed by atoms with Crippen molar-refractivity contribution in [3.63, 3.8) is 0 Å². The van der Waals surface area contributed by atoms with Gasteiger partial charge in [-0.15, -0.1) is 0 Å². The number of hydrogen-bond donors (Lipinski definition) is 0. The molecule has 0 unspecified atom stereocenters. The smallest absolute Gasteiger partial charge is 0.162 e. The van der Waals surface area contributed by atoms with Crippen LogP contribution in [0.3, 0.4) is 0 Å². The number of halogens is 6. The molecule has 3 aromatic carbocycles. The van der Waals surface area contributed by atoms with Gasteiger partial charge in [0.25, 0.3) is 0 Å². The Morgan fingerprint density at radius 2 is 1.42 bits per heavy atom. The van der Waals surface area contributed by atoms with E-state index in [2.05, 4.69) is 17.2 Å². The van der Waals surface area contributed by atoms with Crippen LogP contribution in [0.25, 0.3) is 28.1 Å². The molecule has 0 aliphatic carbocycles. The monoisotopic (exact) mass is 495 g/mol. The van der Waals surface area contributed by atoms with Crippen molar-refractivity contribution < 1.29 is 26.3 Å². The fourth-order valence-corrected chi connectivity index (χ4v) is 3.69. The lowest BCUT2D eigenvalue weighted by molar-refractivity contribution is 0.588. The molecule has 9 heteroatoms. The van der Waals surface area contributed by atoms with E-state index >= 15 is 0 Å². The molecule has 170 valence electrons. The molecule has 0 spiro atoms. The lowest BCUT2D eigenvalue weighted by atomic mass is 9.98. The largest absolute Gasteiger partial charge is 0.208 e. The molecule has 0 N–H and O–H groups in total. The second-order valence-electron chi connectivity index (χ2n) is 6.74. The van der Waals surface area contributed by atoms with Crippen molar-refractivity contribution in [2.75, 3.05) is 11.5 Å². The first-order chi connectivity index (χ1) is 15.8. The number of isothiocyanates is 1. The Morgan fingerprint density at radius 3 is 2.00 bits per heavy atom. The zero-order valence-corrected chi connectivity index (χ0v) is 18.7. The van der Waals surface area contributed by atoms with Crippen molar-refractivity contribution in [3.05, 3.63) is 83.2 Å². The Labute approximate surface area is 195 Å². The van der Waals surface area contributed by atoms with Gasteiger partial charge in [0, 0.05) is 22.4 Å². The van der Waals surface area contributed by atoms with Crippen molar-refractivity contribution >= 4 is 40.7 Å². The van der Waals surface area contributed by atoms with E-state index in [-0.39, 0.29) is 33.6 Å². The van der Waals surface area contributed by atoms with Crippen LogP contribution < -0.4 is 0 Å². The number of hydrogen-bond acceptors (Lipinski definition) is 3. The molecular weight excluding hydrogens is 480 g/mol. The van der Waals surface area contributed by atoms with E-state index < -0.39 is 40.6 Å². The number of aliphatic imine (C=N–C) groups is 1. The number of benzene rings is 3. The summed E-state index contributed by atoms with van der Waals surface area (Å²) in [6, 6.07) is 8.57. The van der Waals surface area contributed by atoms with Gasteiger partial charge in [0.05, 0.1) is 5.16 Å². The lowest BCUT2D eigenvalue weighted by Gasteiger charge is -2.10. The van der Waals surface area contributed by atoms with E-state index in [4.69, 9.17) is 0 Å². The molecule has 0 aromatic heterocycles. The Kier molecular flexibility index (Phi) is 8.13. The maximum atomic E-state index is 14.8. The normalized spacial score (nSPS) is 11.7. The van der Waals surface area contributed by atoms with Gasteiger partial charge in [-0.05, 0) is 53.4 Å². The predicted molar refractivity (Wildman–Crippen MR) is 124 cm³/mol. The number of thioether (sulfide) groups is 1. The molecule has 1 nitrogen and oxygen atoms in total. The maximum Gasteiger partial charge on any atom is 0.162 e. The van der Waals surface area contributed by atoms with E-state index in [1.165, 1.54) is 36.0 Å². The summed E-state index contributed by atoms with van der Waals surface area (Å²) in [6.07, 6.45) is 0. The average molecular weight is 496 g/mol. The molecule has 0 atom stereocenters. The van der Waals surface area contributed by atoms with Crippen LogP contribution in [0.1, 0.15) is 12.5 Å². The summed E-state index contributed by atoms with van der Waals surface area (Å²) >= 11 is 5.52. The second-order valence-corrected chi connectivity index (χ2v) is 8.19. The first-order valence-electron chi connectivity index (χ1n) is 9.55. The number of rotatable bonds is 7. The Morgan fingerprint density at radius 1 is 0.848 bits per heavy atom. The number of thiocarbonyl (C=S) groups is 1. The van der Waals surface area contributed by atoms with Gasteiger partial charge in [-0.1, -0.05) is 31.2 Å². The third-order valence-corrected chi connectivity index (χ3v) is 5.62. The summed E-state index contributed by atoms with van der Waals surface area (Å²) in [6.45, 7) is 1.80. The van der Waals surface area contributed by atoms with Gasteiger partial charge in [0.1, 0.15) is 23.1 Å². The highest BCUT2D eigenvalue weighted by Gasteiger charge is 2.17. The van der Waals surface area contributed by atoms with Gasteiger partial charge < -0.3 is 0 Å². The third kappa shape index (κ3) is 5.55. The average Bonchev–Trinajstić information content (AvgIpc) is 2.79. The fraction of sp³-hybridized carbons (Fsp3) is 0.125. The van der Waals surface area contributed by atoms with Crippen molar-refractivity contribution in [2.24, 2.45) is 4.99 Å². The molecular formula is C24H15F6NS2. The first kappa shape index (κ1) is 24.8. The molecule has 0 fully saturated rings. The Hall–Kier alpha value is -2.87. The molecule has 0 radical (unpaired) electrons. The summed E-state index contributed by atoms with van der Waals surface area (Å²) in [5.74, 6) is -5.57. The van der Waals surface area contributed by atoms with Crippen molar-refractivity contribution in [2.45, 2.75) is 6.92 Å². The topological polar surface area (TPSA) is 12.4 Å². The highest BCUT2D eigenvalue weighted by Crippen LogP contribution is 2.34. The van der Waals surface area contributed by atoms with Gasteiger partial charge in [0.15, 0.2) is 17.5 Å². The van der Waals surface area contributed by atoms with Crippen LogP contribution in [0, 0.1) is 23.3 Å². The molecule has 0 aliphatic rings. The first-order valence-corrected chi connectivity index (χ1v) is 11.1. The standard InChI is InChI=1S/C24H15F6NS2/c1-2-33-11-22(29)23(30)14-4-6-16(19(26)8-14)13-3-5-17(18(25)7-13)15-9-20(27)24(31-12-32)21(28)10-15/h3-10H,2,11H2,1H3/b23-22+. The quantitative estimate of drug-likeness (QED) is 0.185. The predicted octanol–water partition coefficient (Wildman–Crippen LogP) is 8.67. The Balaban J connectivity index is 1.96. The summed E-state index contributed by atoms with van der Waals surface area (Å²) in [4.78, 5) is 3.30. The molecule has 0 aliphatic heterocycles. The van der Waals surface area contributed by atoms with Gasteiger partial charge in [0.2, 0.25) is 0 Å². The van der Waals surface area contributed by atoms with Gasteiger partial charge in [-0.3, -0.25) is 0 Å². The Bertz CT molecular complexity index is 1260. The highest BCUT2D eigenvalue weighted by atomic mass is 32.2. The van der Waals surface area contributed by atoms with Gasteiger partial charge >= 0.3 is 0 Å².